The molecule has 0 fully saturated rings. The van der Waals surface area contributed by atoms with Gasteiger partial charge < -0.3 is 15.0 Å². The summed E-state index contributed by atoms with van der Waals surface area (Å²) in [7, 11) is -4.28. The first-order valence-corrected chi connectivity index (χ1v) is 15.4. The lowest BCUT2D eigenvalue weighted by Gasteiger charge is -2.34. The molecular weight excluding hydrogens is 557 g/mol. The Hall–Kier alpha value is -3.92. The van der Waals surface area contributed by atoms with Crippen LogP contribution in [0.1, 0.15) is 52.2 Å². The first-order chi connectivity index (χ1) is 19.7. The predicted octanol–water partition coefficient (Wildman–Crippen LogP) is 5.45. The lowest BCUT2D eigenvalue weighted by molar-refractivity contribution is -0.141. The minimum atomic E-state index is -4.28. The number of carbonyl (C=O) groups is 2. The number of amides is 2. The van der Waals surface area contributed by atoms with E-state index in [0.717, 1.165) is 27.6 Å². The topological polar surface area (TPSA) is 96.0 Å². The third-order valence-corrected chi connectivity index (χ3v) is 8.22. The van der Waals surface area contributed by atoms with Crippen LogP contribution in [0.2, 0.25) is 0 Å². The van der Waals surface area contributed by atoms with Crippen molar-refractivity contribution in [2.24, 2.45) is 0 Å². The molecule has 2 amide bonds. The highest BCUT2D eigenvalue weighted by Crippen LogP contribution is 2.26. The van der Waals surface area contributed by atoms with Crippen molar-refractivity contribution in [3.8, 4) is 5.75 Å². The van der Waals surface area contributed by atoms with E-state index >= 15 is 0 Å². The number of nitrogens with zero attached hydrogens (tertiary/aromatic N) is 2. The molecule has 3 aromatic carbocycles. The molecule has 3 rings (SSSR count). The molecule has 0 aliphatic heterocycles. The van der Waals surface area contributed by atoms with Gasteiger partial charge in [0.25, 0.3) is 10.0 Å². The quantitative estimate of drug-likeness (QED) is 0.300. The zero-order valence-corrected chi connectivity index (χ0v) is 25.9. The number of ether oxygens (including phenoxy) is 1. The molecule has 0 aromatic heterocycles. The van der Waals surface area contributed by atoms with Crippen molar-refractivity contribution in [1.29, 1.82) is 0 Å². The van der Waals surface area contributed by atoms with Crippen molar-refractivity contribution in [3.63, 3.8) is 0 Å². The normalized spacial score (nSPS) is 12.4. The molecule has 0 saturated carbocycles. The molecule has 1 N–H and O–H groups in total. The van der Waals surface area contributed by atoms with Gasteiger partial charge in [-0.2, -0.15) is 0 Å². The van der Waals surface area contributed by atoms with Crippen LogP contribution >= 0.6 is 0 Å². The SMILES string of the molecule is CCOc1ccc(S(=O)(=O)N(CC(=O)N(Cc2cccc(C)c2)[C@@H](CC)C(=O)NC(C)(C)C)c2ccc(F)cc2)cc1. The van der Waals surface area contributed by atoms with Crippen LogP contribution < -0.4 is 14.4 Å². The van der Waals surface area contributed by atoms with Crippen LogP contribution in [0.15, 0.2) is 77.7 Å². The van der Waals surface area contributed by atoms with Crippen LogP contribution in [0.25, 0.3) is 0 Å². The molecule has 0 aliphatic rings. The summed E-state index contributed by atoms with van der Waals surface area (Å²) in [5.41, 5.74) is 1.35. The highest BCUT2D eigenvalue weighted by Gasteiger charge is 2.34. The van der Waals surface area contributed by atoms with Crippen molar-refractivity contribution in [2.75, 3.05) is 17.5 Å². The average molecular weight is 598 g/mol. The highest BCUT2D eigenvalue weighted by atomic mass is 32.2. The molecule has 0 radical (unpaired) electrons. The van der Waals surface area contributed by atoms with Gasteiger partial charge in [0, 0.05) is 12.1 Å². The first kappa shape index (κ1) is 32.6. The number of hydrogen-bond acceptors (Lipinski definition) is 5. The molecular formula is C32H40FN3O5S. The fraction of sp³-hybridized carbons (Fsp3) is 0.375. The zero-order chi connectivity index (χ0) is 31.1. The molecule has 42 heavy (non-hydrogen) atoms. The number of halogens is 1. The van der Waals surface area contributed by atoms with E-state index in [1.54, 1.807) is 6.92 Å². The summed E-state index contributed by atoms with van der Waals surface area (Å²) in [6.07, 6.45) is 0.307. The van der Waals surface area contributed by atoms with Crippen molar-refractivity contribution in [2.45, 2.75) is 71.0 Å². The van der Waals surface area contributed by atoms with E-state index in [1.807, 2.05) is 58.9 Å². The summed E-state index contributed by atoms with van der Waals surface area (Å²) in [5.74, 6) is -0.963. The molecule has 226 valence electrons. The third-order valence-electron chi connectivity index (χ3n) is 6.44. The Balaban J connectivity index is 2.06. The van der Waals surface area contributed by atoms with Crippen molar-refractivity contribution >= 4 is 27.5 Å². The summed E-state index contributed by atoms with van der Waals surface area (Å²) >= 11 is 0. The van der Waals surface area contributed by atoms with Gasteiger partial charge in [0.05, 0.1) is 17.2 Å². The Morgan fingerprint density at radius 1 is 0.976 bits per heavy atom. The summed E-state index contributed by atoms with van der Waals surface area (Å²) in [6, 6.07) is 17.5. The van der Waals surface area contributed by atoms with E-state index in [9.17, 15) is 22.4 Å². The molecule has 1 atom stereocenters. The minimum Gasteiger partial charge on any atom is -0.494 e. The smallest absolute Gasteiger partial charge is 0.264 e. The summed E-state index contributed by atoms with van der Waals surface area (Å²) < 4.78 is 48.1. The molecule has 3 aromatic rings. The largest absolute Gasteiger partial charge is 0.494 e. The van der Waals surface area contributed by atoms with Gasteiger partial charge in [-0.05, 0) is 95.1 Å². The predicted molar refractivity (Wildman–Crippen MR) is 162 cm³/mol. The molecule has 10 heteroatoms. The van der Waals surface area contributed by atoms with Gasteiger partial charge in [-0.25, -0.2) is 12.8 Å². The van der Waals surface area contributed by atoms with E-state index in [1.165, 1.54) is 41.3 Å². The van der Waals surface area contributed by atoms with Gasteiger partial charge in [-0.3, -0.25) is 13.9 Å². The maximum absolute atomic E-state index is 14.1. The Morgan fingerprint density at radius 2 is 1.62 bits per heavy atom. The fourth-order valence-corrected chi connectivity index (χ4v) is 5.93. The number of aryl methyl sites for hydroxylation is 1. The van der Waals surface area contributed by atoms with E-state index < -0.39 is 39.9 Å². The number of hydrogen-bond donors (Lipinski definition) is 1. The second kappa shape index (κ2) is 13.8. The molecule has 0 saturated heterocycles. The van der Waals surface area contributed by atoms with Gasteiger partial charge in [0.15, 0.2) is 0 Å². The summed E-state index contributed by atoms with van der Waals surface area (Å²) in [5, 5.41) is 2.95. The van der Waals surface area contributed by atoms with E-state index in [0.29, 0.717) is 18.8 Å². The second-order valence-corrected chi connectivity index (χ2v) is 12.9. The van der Waals surface area contributed by atoms with Crippen LogP contribution in [0.5, 0.6) is 5.75 Å². The van der Waals surface area contributed by atoms with E-state index in [-0.39, 0.29) is 23.0 Å². The highest BCUT2D eigenvalue weighted by molar-refractivity contribution is 7.92. The van der Waals surface area contributed by atoms with Crippen molar-refractivity contribution < 1.29 is 27.1 Å². The number of benzene rings is 3. The van der Waals surface area contributed by atoms with Crippen LogP contribution in [-0.2, 0) is 26.2 Å². The van der Waals surface area contributed by atoms with E-state index in [4.69, 9.17) is 4.74 Å². The molecule has 0 heterocycles. The molecule has 0 bridgehead atoms. The van der Waals surface area contributed by atoms with E-state index in [2.05, 4.69) is 5.32 Å². The third kappa shape index (κ3) is 8.55. The number of anilines is 1. The van der Waals surface area contributed by atoms with Crippen LogP contribution in [0, 0.1) is 12.7 Å². The standard InChI is InChI=1S/C32H40FN3O5S/c1-7-29(31(38)34-32(4,5)6)35(21-24-11-9-10-23(3)20-24)30(37)22-36(26-14-12-25(33)13-15-26)42(39,40)28-18-16-27(17-19-28)41-8-2/h9-20,29H,7-8,21-22H2,1-6H3,(H,34,38)/t29-/m0/s1. The Morgan fingerprint density at radius 3 is 2.17 bits per heavy atom. The van der Waals surface area contributed by atoms with Crippen LogP contribution in [0.3, 0.4) is 0 Å². The molecule has 0 spiro atoms. The second-order valence-electron chi connectivity index (χ2n) is 11.1. The number of nitrogens with one attached hydrogen (secondary N) is 1. The molecule has 8 nitrogen and oxygen atoms in total. The number of carbonyl (C=O) groups excluding carboxylic acids is 2. The van der Waals surface area contributed by atoms with Gasteiger partial charge in [0.1, 0.15) is 24.2 Å². The maximum Gasteiger partial charge on any atom is 0.264 e. The summed E-state index contributed by atoms with van der Waals surface area (Å²) in [6.45, 7) is 11.0. The summed E-state index contributed by atoms with van der Waals surface area (Å²) in [4.78, 5) is 28.9. The van der Waals surface area contributed by atoms with Gasteiger partial charge >= 0.3 is 0 Å². The van der Waals surface area contributed by atoms with Crippen LogP contribution in [-0.4, -0.2) is 49.9 Å². The fourth-order valence-electron chi connectivity index (χ4n) is 4.52. The van der Waals surface area contributed by atoms with Gasteiger partial charge in [-0.1, -0.05) is 36.8 Å². The Labute approximate surface area is 248 Å². The van der Waals surface area contributed by atoms with Gasteiger partial charge in [-0.15, -0.1) is 0 Å². The van der Waals surface area contributed by atoms with Crippen molar-refractivity contribution in [3.05, 3.63) is 89.7 Å². The van der Waals surface area contributed by atoms with Crippen LogP contribution in [0.4, 0.5) is 10.1 Å². The molecule has 0 unspecified atom stereocenters. The number of sulfonamides is 1. The average Bonchev–Trinajstić information content (AvgIpc) is 2.91. The lowest BCUT2D eigenvalue weighted by atomic mass is 10.0. The monoisotopic (exact) mass is 597 g/mol. The lowest BCUT2D eigenvalue weighted by Crippen LogP contribution is -2.55. The maximum atomic E-state index is 14.1. The first-order valence-electron chi connectivity index (χ1n) is 13.9. The minimum absolute atomic E-state index is 0.0640. The Bertz CT molecular complexity index is 1470. The zero-order valence-electron chi connectivity index (χ0n) is 25.1. The number of rotatable bonds is 12. The van der Waals surface area contributed by atoms with Crippen molar-refractivity contribution in [1.82, 2.24) is 10.2 Å². The van der Waals surface area contributed by atoms with Gasteiger partial charge in [0.2, 0.25) is 11.8 Å². The Kier molecular flexibility index (Phi) is 10.7. The molecule has 0 aliphatic carbocycles.